The van der Waals surface area contributed by atoms with Gasteiger partial charge < -0.3 is 25.6 Å². The van der Waals surface area contributed by atoms with Crippen molar-refractivity contribution in [3.8, 4) is 11.1 Å². The number of carboxylic acid groups (broad SMARTS) is 1. The van der Waals surface area contributed by atoms with Crippen LogP contribution in [0, 0.1) is 0 Å². The number of ether oxygens (including phenoxy) is 1. The third-order valence-corrected chi connectivity index (χ3v) is 6.62. The fourth-order valence-electron chi connectivity index (χ4n) is 4.10. The van der Waals surface area contributed by atoms with Gasteiger partial charge in [-0.05, 0) is 22.3 Å². The topological polar surface area (TPSA) is 138 Å². The highest BCUT2D eigenvalue weighted by atomic mass is 32.1. The van der Waals surface area contributed by atoms with E-state index in [-0.39, 0.29) is 38.5 Å². The van der Waals surface area contributed by atoms with Crippen molar-refractivity contribution in [1.29, 1.82) is 0 Å². The van der Waals surface area contributed by atoms with Crippen molar-refractivity contribution in [3.05, 3.63) is 75.7 Å². The molecular formula is C25H25N3O6S. The Morgan fingerprint density at radius 2 is 1.71 bits per heavy atom. The summed E-state index contributed by atoms with van der Waals surface area (Å²) in [5, 5.41) is 25.3. The molecule has 0 aliphatic heterocycles. The lowest BCUT2D eigenvalue weighted by Crippen LogP contribution is -2.42. The maximum absolute atomic E-state index is 12.3. The quantitative estimate of drug-likeness (QED) is 0.339. The van der Waals surface area contributed by atoms with Crippen molar-refractivity contribution in [2.75, 3.05) is 13.2 Å². The van der Waals surface area contributed by atoms with Crippen molar-refractivity contribution in [2.24, 2.45) is 0 Å². The lowest BCUT2D eigenvalue weighted by Gasteiger charge is -2.14. The zero-order valence-electron chi connectivity index (χ0n) is 18.8. The van der Waals surface area contributed by atoms with Gasteiger partial charge in [0, 0.05) is 24.3 Å². The molecule has 10 heteroatoms. The fourth-order valence-corrected chi connectivity index (χ4v) is 4.84. The third kappa shape index (κ3) is 5.84. The van der Waals surface area contributed by atoms with Crippen LogP contribution in [-0.4, -0.2) is 52.4 Å². The van der Waals surface area contributed by atoms with Crippen molar-refractivity contribution in [2.45, 2.75) is 31.3 Å². The summed E-state index contributed by atoms with van der Waals surface area (Å²) < 4.78 is 5.51. The van der Waals surface area contributed by atoms with Gasteiger partial charge in [0.1, 0.15) is 17.7 Å². The van der Waals surface area contributed by atoms with Crippen LogP contribution in [0.25, 0.3) is 11.1 Å². The minimum atomic E-state index is -1.21. The number of nitrogens with one attached hydrogen (secondary N) is 2. The lowest BCUT2D eigenvalue weighted by molar-refractivity contribution is -0.142. The number of carboxylic acids is 1. The molecule has 35 heavy (non-hydrogen) atoms. The maximum Gasteiger partial charge on any atom is 0.407 e. The van der Waals surface area contributed by atoms with E-state index in [4.69, 9.17) is 14.9 Å². The molecule has 182 valence electrons. The Morgan fingerprint density at radius 3 is 2.34 bits per heavy atom. The van der Waals surface area contributed by atoms with Gasteiger partial charge in [-0.25, -0.2) is 14.6 Å². The number of fused-ring (bicyclic) bond motifs is 3. The highest BCUT2D eigenvalue weighted by molar-refractivity contribution is 7.09. The second-order valence-electron chi connectivity index (χ2n) is 8.06. The summed E-state index contributed by atoms with van der Waals surface area (Å²) >= 11 is 1.28. The normalized spacial score (nSPS) is 12.9. The van der Waals surface area contributed by atoms with Crippen LogP contribution in [0.1, 0.15) is 34.2 Å². The van der Waals surface area contributed by atoms with Gasteiger partial charge in [0.15, 0.2) is 0 Å². The monoisotopic (exact) mass is 495 g/mol. The first kappa shape index (κ1) is 24.4. The number of aliphatic hydroxyl groups is 1. The third-order valence-electron chi connectivity index (χ3n) is 5.72. The molecule has 1 aromatic heterocycles. The summed E-state index contributed by atoms with van der Waals surface area (Å²) in [6, 6.07) is 15.0. The minimum absolute atomic E-state index is 0.0291. The average Bonchev–Trinajstić information content (AvgIpc) is 3.43. The number of nitrogens with zero attached hydrogens (tertiary/aromatic N) is 1. The molecule has 4 N–H and O–H groups in total. The fraction of sp³-hybridized carbons (Fsp3) is 0.280. The molecule has 2 aromatic carbocycles. The molecule has 1 unspecified atom stereocenters. The largest absolute Gasteiger partial charge is 0.480 e. The molecular weight excluding hydrogens is 470 g/mol. The molecule has 0 bridgehead atoms. The number of amides is 2. The summed E-state index contributed by atoms with van der Waals surface area (Å²) in [7, 11) is 0. The average molecular weight is 496 g/mol. The van der Waals surface area contributed by atoms with Gasteiger partial charge in [-0.15, -0.1) is 11.3 Å². The maximum atomic E-state index is 12.3. The molecule has 0 fully saturated rings. The van der Waals surface area contributed by atoms with Gasteiger partial charge in [-0.1, -0.05) is 48.5 Å². The van der Waals surface area contributed by atoms with Gasteiger partial charge >= 0.3 is 12.1 Å². The molecule has 1 aliphatic rings. The van der Waals surface area contributed by atoms with Crippen LogP contribution in [0.3, 0.4) is 0 Å². The zero-order valence-corrected chi connectivity index (χ0v) is 19.6. The van der Waals surface area contributed by atoms with Gasteiger partial charge in [0.05, 0.1) is 18.7 Å². The van der Waals surface area contributed by atoms with Crippen LogP contribution >= 0.6 is 11.3 Å². The number of thiazole rings is 1. The number of hydrogen-bond donors (Lipinski definition) is 4. The van der Waals surface area contributed by atoms with Crippen LogP contribution in [0.2, 0.25) is 0 Å². The van der Waals surface area contributed by atoms with E-state index < -0.39 is 24.0 Å². The van der Waals surface area contributed by atoms with Crippen LogP contribution in [0.5, 0.6) is 0 Å². The Labute approximate surface area is 205 Å². The summed E-state index contributed by atoms with van der Waals surface area (Å²) in [4.78, 5) is 39.8. The first-order chi connectivity index (χ1) is 17.0. The first-order valence-electron chi connectivity index (χ1n) is 11.1. The summed E-state index contributed by atoms with van der Waals surface area (Å²) in [5.41, 5.74) is 5.04. The molecule has 9 nitrogen and oxygen atoms in total. The number of hydrogen-bond acceptors (Lipinski definition) is 7. The van der Waals surface area contributed by atoms with Gasteiger partial charge in [-0.3, -0.25) is 4.79 Å². The number of aromatic nitrogens is 1. The number of aliphatic carboxylic acids is 1. The predicted octanol–water partition coefficient (Wildman–Crippen LogP) is 2.68. The lowest BCUT2D eigenvalue weighted by atomic mass is 9.98. The number of aliphatic hydroxyl groups excluding tert-OH is 1. The van der Waals surface area contributed by atoms with E-state index >= 15 is 0 Å². The molecule has 1 heterocycles. The van der Waals surface area contributed by atoms with Crippen LogP contribution in [-0.2, 0) is 27.3 Å². The number of carbonyl (C=O) groups excluding carboxylic acids is 2. The molecule has 0 saturated heterocycles. The number of rotatable bonds is 10. The van der Waals surface area contributed by atoms with E-state index in [0.29, 0.717) is 10.7 Å². The van der Waals surface area contributed by atoms with Crippen molar-refractivity contribution >= 4 is 29.3 Å². The smallest absolute Gasteiger partial charge is 0.407 e. The molecule has 4 rings (SSSR count). The number of carbonyl (C=O) groups is 3. The van der Waals surface area contributed by atoms with Crippen molar-refractivity contribution in [3.63, 3.8) is 0 Å². The van der Waals surface area contributed by atoms with E-state index in [2.05, 4.69) is 39.9 Å². The van der Waals surface area contributed by atoms with Crippen molar-refractivity contribution < 1.29 is 29.3 Å². The Morgan fingerprint density at radius 1 is 1.06 bits per heavy atom. The van der Waals surface area contributed by atoms with Gasteiger partial charge in [0.25, 0.3) is 0 Å². The van der Waals surface area contributed by atoms with E-state index in [1.165, 1.54) is 11.3 Å². The Balaban J connectivity index is 1.27. The van der Waals surface area contributed by atoms with E-state index in [9.17, 15) is 14.4 Å². The van der Waals surface area contributed by atoms with E-state index in [0.717, 1.165) is 22.3 Å². The Hall–Kier alpha value is -3.76. The van der Waals surface area contributed by atoms with Crippen LogP contribution < -0.4 is 10.6 Å². The predicted molar refractivity (Wildman–Crippen MR) is 129 cm³/mol. The second kappa shape index (κ2) is 11.1. The molecule has 1 atom stereocenters. The zero-order chi connectivity index (χ0) is 24.8. The minimum Gasteiger partial charge on any atom is -0.480 e. The first-order valence-corrected chi connectivity index (χ1v) is 12.0. The Kier molecular flexibility index (Phi) is 7.74. The highest BCUT2D eigenvalue weighted by Gasteiger charge is 2.29. The van der Waals surface area contributed by atoms with E-state index in [1.54, 1.807) is 5.38 Å². The van der Waals surface area contributed by atoms with Crippen LogP contribution in [0.15, 0.2) is 53.9 Å². The van der Waals surface area contributed by atoms with Crippen molar-refractivity contribution in [1.82, 2.24) is 15.6 Å². The number of benzene rings is 2. The summed E-state index contributed by atoms with van der Waals surface area (Å²) in [6.07, 6.45) is -0.737. The van der Waals surface area contributed by atoms with Gasteiger partial charge in [-0.2, -0.15) is 0 Å². The number of alkyl carbamates (subject to hydrolysis) is 1. The Bertz CT molecular complexity index is 1180. The summed E-state index contributed by atoms with van der Waals surface area (Å²) in [6.45, 7) is 0.00654. The molecule has 2 amide bonds. The summed E-state index contributed by atoms with van der Waals surface area (Å²) in [5.74, 6) is -1.75. The van der Waals surface area contributed by atoms with E-state index in [1.807, 2.05) is 24.3 Å². The molecule has 3 aromatic rings. The van der Waals surface area contributed by atoms with Gasteiger partial charge in [0.2, 0.25) is 5.91 Å². The standard InChI is InChI=1S/C25H25N3O6S/c29-10-9-21(24(31)32)28-22(30)11-15-14-35-23(27-15)12-26-25(33)34-13-20-18-7-3-1-5-16(18)17-6-2-4-8-19(17)20/h1-8,14,20-21,29H,9-13H2,(H,26,33)(H,28,30)(H,31,32). The highest BCUT2D eigenvalue weighted by Crippen LogP contribution is 2.44. The molecule has 0 radical (unpaired) electrons. The molecule has 0 spiro atoms. The molecule has 0 saturated carbocycles. The molecule has 1 aliphatic carbocycles. The SMILES string of the molecule is O=C(Cc1csc(CNC(=O)OCC2c3ccccc3-c3ccccc32)n1)NC(CCO)C(=O)O. The second-order valence-corrected chi connectivity index (χ2v) is 9.00. The van der Waals surface area contributed by atoms with Crippen LogP contribution in [0.4, 0.5) is 4.79 Å².